The van der Waals surface area contributed by atoms with Gasteiger partial charge in [0.25, 0.3) is 5.91 Å². The number of benzene rings is 2. The maximum atomic E-state index is 12.8. The highest BCUT2D eigenvalue weighted by Gasteiger charge is 2.24. The first-order valence-corrected chi connectivity index (χ1v) is 10.5. The molecule has 0 unspecified atom stereocenters. The van der Waals surface area contributed by atoms with Gasteiger partial charge in [-0.05, 0) is 36.8 Å². The summed E-state index contributed by atoms with van der Waals surface area (Å²) in [5.41, 5.74) is 2.57. The summed E-state index contributed by atoms with van der Waals surface area (Å²) in [6.07, 6.45) is 0. The molecule has 0 aliphatic carbocycles. The number of ether oxygens (including phenoxy) is 2. The number of hydrogen-bond donors (Lipinski definition) is 0. The molecule has 6 nitrogen and oxygen atoms in total. The second-order valence-corrected chi connectivity index (χ2v) is 7.79. The fourth-order valence-corrected chi connectivity index (χ4v) is 3.63. The molecule has 6 heteroatoms. The van der Waals surface area contributed by atoms with E-state index in [4.69, 9.17) is 13.9 Å². The lowest BCUT2D eigenvalue weighted by molar-refractivity contribution is 0.0594. The SMILES string of the molecule is COc1cccc(OCc2ccc(C(=O)N3CCN(Cc4ccc(C)cc4)CC3)o2)c1. The van der Waals surface area contributed by atoms with E-state index in [-0.39, 0.29) is 12.5 Å². The number of aryl methyl sites for hydroxylation is 1. The Labute approximate surface area is 183 Å². The Kier molecular flexibility index (Phi) is 6.57. The molecule has 4 rings (SSSR count). The van der Waals surface area contributed by atoms with Gasteiger partial charge in [-0.25, -0.2) is 0 Å². The van der Waals surface area contributed by atoms with Gasteiger partial charge in [0.1, 0.15) is 23.9 Å². The Hall–Kier alpha value is -3.25. The van der Waals surface area contributed by atoms with Crippen molar-refractivity contribution in [2.75, 3.05) is 33.3 Å². The number of nitrogens with zero attached hydrogens (tertiary/aromatic N) is 2. The first-order valence-electron chi connectivity index (χ1n) is 10.5. The summed E-state index contributed by atoms with van der Waals surface area (Å²) >= 11 is 0. The van der Waals surface area contributed by atoms with Crippen LogP contribution in [0.1, 0.15) is 27.4 Å². The predicted molar refractivity (Wildman–Crippen MR) is 118 cm³/mol. The molecule has 1 aromatic heterocycles. The van der Waals surface area contributed by atoms with Crippen LogP contribution in [0.25, 0.3) is 0 Å². The van der Waals surface area contributed by atoms with Gasteiger partial charge in [0.05, 0.1) is 7.11 Å². The third kappa shape index (κ3) is 5.47. The molecule has 0 N–H and O–H groups in total. The van der Waals surface area contributed by atoms with Crippen molar-refractivity contribution in [2.24, 2.45) is 0 Å². The number of methoxy groups -OCH3 is 1. The van der Waals surface area contributed by atoms with Crippen LogP contribution >= 0.6 is 0 Å². The van der Waals surface area contributed by atoms with Crippen molar-refractivity contribution in [3.05, 3.63) is 83.3 Å². The van der Waals surface area contributed by atoms with Gasteiger partial charge in [0.2, 0.25) is 0 Å². The molecule has 1 fully saturated rings. The van der Waals surface area contributed by atoms with Gasteiger partial charge in [0.15, 0.2) is 5.76 Å². The van der Waals surface area contributed by atoms with Gasteiger partial charge < -0.3 is 18.8 Å². The molecule has 0 atom stereocenters. The molecule has 162 valence electrons. The zero-order chi connectivity index (χ0) is 21.6. The quantitative estimate of drug-likeness (QED) is 0.575. The van der Waals surface area contributed by atoms with E-state index in [1.54, 1.807) is 19.2 Å². The number of carbonyl (C=O) groups is 1. The largest absolute Gasteiger partial charge is 0.497 e. The number of rotatable bonds is 7. The van der Waals surface area contributed by atoms with Crippen molar-refractivity contribution in [1.82, 2.24) is 9.80 Å². The summed E-state index contributed by atoms with van der Waals surface area (Å²) in [7, 11) is 1.62. The van der Waals surface area contributed by atoms with Crippen molar-refractivity contribution in [1.29, 1.82) is 0 Å². The van der Waals surface area contributed by atoms with E-state index >= 15 is 0 Å². The molecule has 2 aromatic carbocycles. The lowest BCUT2D eigenvalue weighted by Crippen LogP contribution is -2.48. The molecule has 2 heterocycles. The highest BCUT2D eigenvalue weighted by atomic mass is 16.5. The molecular formula is C25H28N2O4. The van der Waals surface area contributed by atoms with Crippen LogP contribution in [-0.4, -0.2) is 49.0 Å². The van der Waals surface area contributed by atoms with Crippen LogP contribution in [-0.2, 0) is 13.2 Å². The van der Waals surface area contributed by atoms with Gasteiger partial charge >= 0.3 is 0 Å². The van der Waals surface area contributed by atoms with Gasteiger partial charge in [-0.3, -0.25) is 9.69 Å². The highest BCUT2D eigenvalue weighted by Crippen LogP contribution is 2.21. The van der Waals surface area contributed by atoms with E-state index in [9.17, 15) is 4.79 Å². The van der Waals surface area contributed by atoms with Crippen LogP contribution in [0.2, 0.25) is 0 Å². The molecule has 0 saturated carbocycles. The number of carbonyl (C=O) groups excluding carboxylic acids is 1. The fourth-order valence-electron chi connectivity index (χ4n) is 3.63. The Bertz CT molecular complexity index is 1000. The van der Waals surface area contributed by atoms with E-state index in [1.165, 1.54) is 11.1 Å². The topological polar surface area (TPSA) is 55.2 Å². The maximum Gasteiger partial charge on any atom is 0.289 e. The van der Waals surface area contributed by atoms with Crippen molar-refractivity contribution >= 4 is 5.91 Å². The van der Waals surface area contributed by atoms with E-state index in [0.717, 1.165) is 25.4 Å². The smallest absolute Gasteiger partial charge is 0.289 e. The minimum atomic E-state index is -0.0670. The molecule has 1 saturated heterocycles. The maximum absolute atomic E-state index is 12.8. The Morgan fingerprint density at radius 3 is 2.45 bits per heavy atom. The van der Waals surface area contributed by atoms with E-state index in [2.05, 4.69) is 36.1 Å². The summed E-state index contributed by atoms with van der Waals surface area (Å²) in [5.74, 6) is 2.32. The lowest BCUT2D eigenvalue weighted by Gasteiger charge is -2.34. The van der Waals surface area contributed by atoms with Crippen LogP contribution in [0.3, 0.4) is 0 Å². The van der Waals surface area contributed by atoms with E-state index < -0.39 is 0 Å². The molecular weight excluding hydrogens is 392 g/mol. The normalized spacial score (nSPS) is 14.5. The number of furan rings is 1. The lowest BCUT2D eigenvalue weighted by atomic mass is 10.1. The summed E-state index contributed by atoms with van der Waals surface area (Å²) in [6, 6.07) is 19.5. The van der Waals surface area contributed by atoms with Crippen LogP contribution < -0.4 is 9.47 Å². The molecule has 1 aliphatic rings. The Morgan fingerprint density at radius 1 is 0.968 bits per heavy atom. The summed E-state index contributed by atoms with van der Waals surface area (Å²) in [6.45, 7) is 6.36. The average Bonchev–Trinajstić information content (AvgIpc) is 3.28. The van der Waals surface area contributed by atoms with Gasteiger partial charge in [-0.2, -0.15) is 0 Å². The first-order chi connectivity index (χ1) is 15.1. The summed E-state index contributed by atoms with van der Waals surface area (Å²) in [4.78, 5) is 17.1. The van der Waals surface area contributed by atoms with Crippen molar-refractivity contribution in [2.45, 2.75) is 20.1 Å². The summed E-state index contributed by atoms with van der Waals surface area (Å²) in [5, 5.41) is 0. The fraction of sp³-hybridized carbons (Fsp3) is 0.320. The second-order valence-electron chi connectivity index (χ2n) is 7.79. The third-order valence-corrected chi connectivity index (χ3v) is 5.48. The second kappa shape index (κ2) is 9.71. The monoisotopic (exact) mass is 420 g/mol. The van der Waals surface area contributed by atoms with Gasteiger partial charge in [-0.1, -0.05) is 35.9 Å². The van der Waals surface area contributed by atoms with Crippen molar-refractivity contribution in [3.8, 4) is 11.5 Å². The number of piperazine rings is 1. The zero-order valence-electron chi connectivity index (χ0n) is 18.0. The molecule has 3 aromatic rings. The molecule has 1 amide bonds. The van der Waals surface area contributed by atoms with Crippen LogP contribution in [0, 0.1) is 6.92 Å². The van der Waals surface area contributed by atoms with E-state index in [1.807, 2.05) is 29.2 Å². The van der Waals surface area contributed by atoms with Crippen molar-refractivity contribution < 1.29 is 18.7 Å². The average molecular weight is 421 g/mol. The van der Waals surface area contributed by atoms with Crippen LogP contribution in [0.4, 0.5) is 0 Å². The van der Waals surface area contributed by atoms with Crippen LogP contribution in [0.5, 0.6) is 11.5 Å². The van der Waals surface area contributed by atoms with Gasteiger partial charge in [-0.15, -0.1) is 0 Å². The molecule has 0 radical (unpaired) electrons. The molecule has 0 bridgehead atoms. The Balaban J connectivity index is 1.27. The minimum absolute atomic E-state index is 0.0670. The van der Waals surface area contributed by atoms with Crippen LogP contribution in [0.15, 0.2) is 65.1 Å². The highest BCUT2D eigenvalue weighted by molar-refractivity contribution is 5.91. The van der Waals surface area contributed by atoms with Gasteiger partial charge in [0, 0.05) is 38.8 Å². The molecule has 0 spiro atoms. The Morgan fingerprint density at radius 2 is 1.71 bits per heavy atom. The molecule has 31 heavy (non-hydrogen) atoms. The number of amides is 1. The molecule has 1 aliphatic heterocycles. The van der Waals surface area contributed by atoms with E-state index in [0.29, 0.717) is 30.4 Å². The predicted octanol–water partition coefficient (Wildman–Crippen LogP) is 4.13. The minimum Gasteiger partial charge on any atom is -0.497 e. The zero-order valence-corrected chi connectivity index (χ0v) is 18.0. The summed E-state index contributed by atoms with van der Waals surface area (Å²) < 4.78 is 16.7. The first kappa shape index (κ1) is 21.0. The number of hydrogen-bond acceptors (Lipinski definition) is 5. The van der Waals surface area contributed by atoms with Crippen molar-refractivity contribution in [3.63, 3.8) is 0 Å². The standard InChI is InChI=1S/C25H28N2O4/c1-19-6-8-20(9-7-19)17-26-12-14-27(15-13-26)25(28)24-11-10-23(31-24)18-30-22-5-3-4-21(16-22)29-2/h3-11,16H,12-15,17-18H2,1-2H3. The third-order valence-electron chi connectivity index (χ3n) is 5.48.